The molecule has 6 heteroatoms. The van der Waals surface area contributed by atoms with E-state index in [0.717, 1.165) is 67.3 Å². The lowest BCUT2D eigenvalue weighted by Gasteiger charge is -2.46. The monoisotopic (exact) mass is 411 g/mol. The van der Waals surface area contributed by atoms with Crippen molar-refractivity contribution in [3.05, 3.63) is 53.1 Å². The second-order valence-corrected chi connectivity index (χ2v) is 8.69. The third kappa shape index (κ3) is 3.64. The maximum atomic E-state index is 10.8. The quantitative estimate of drug-likeness (QED) is 0.806. The predicted octanol–water partition coefficient (Wildman–Crippen LogP) is 3.01. The molecule has 0 bridgehead atoms. The van der Waals surface area contributed by atoms with Gasteiger partial charge in [-0.15, -0.1) is 0 Å². The van der Waals surface area contributed by atoms with E-state index in [4.69, 9.17) is 14.2 Å². The highest BCUT2D eigenvalue weighted by Crippen LogP contribution is 2.45. The molecule has 160 valence electrons. The van der Waals surface area contributed by atoms with E-state index in [0.29, 0.717) is 13.0 Å². The van der Waals surface area contributed by atoms with Crippen molar-refractivity contribution in [3.8, 4) is 17.2 Å². The molecule has 6 nitrogen and oxygen atoms in total. The molecule has 2 aromatic rings. The van der Waals surface area contributed by atoms with Crippen molar-refractivity contribution in [1.82, 2.24) is 4.90 Å². The lowest BCUT2D eigenvalue weighted by atomic mass is 9.81. The third-order valence-corrected chi connectivity index (χ3v) is 6.77. The molecule has 0 aliphatic carbocycles. The van der Waals surface area contributed by atoms with E-state index in [1.54, 1.807) is 7.11 Å². The molecule has 1 fully saturated rings. The molecular formula is C24H29NO5. The van der Waals surface area contributed by atoms with E-state index >= 15 is 0 Å². The molecular weight excluding hydrogens is 382 g/mol. The molecule has 0 amide bonds. The van der Waals surface area contributed by atoms with Gasteiger partial charge >= 0.3 is 0 Å². The highest BCUT2D eigenvalue weighted by Gasteiger charge is 2.43. The molecule has 30 heavy (non-hydrogen) atoms. The first-order valence-electron chi connectivity index (χ1n) is 10.8. The van der Waals surface area contributed by atoms with Crippen LogP contribution >= 0.6 is 0 Å². The van der Waals surface area contributed by atoms with Gasteiger partial charge in [-0.2, -0.15) is 0 Å². The first-order chi connectivity index (χ1) is 14.5. The van der Waals surface area contributed by atoms with Crippen LogP contribution in [0.5, 0.6) is 17.2 Å². The summed E-state index contributed by atoms with van der Waals surface area (Å²) in [5, 5.41) is 21.5. The SMILES string of the molecule is COc1ccc2c(c1)OC1(CCN(C[C@H](O)c3ccc4c(c3)CCO4)CC1)C[C@H]2O. The van der Waals surface area contributed by atoms with Crippen molar-refractivity contribution < 1.29 is 24.4 Å². The van der Waals surface area contributed by atoms with Gasteiger partial charge in [-0.25, -0.2) is 0 Å². The Balaban J connectivity index is 1.23. The van der Waals surface area contributed by atoms with E-state index in [2.05, 4.69) is 11.0 Å². The zero-order valence-electron chi connectivity index (χ0n) is 17.3. The molecule has 0 aromatic heterocycles. The second kappa shape index (κ2) is 7.76. The van der Waals surface area contributed by atoms with Gasteiger partial charge in [0.15, 0.2) is 0 Å². The average molecular weight is 411 g/mol. The number of ether oxygens (including phenoxy) is 3. The van der Waals surface area contributed by atoms with Crippen LogP contribution in [0.25, 0.3) is 0 Å². The van der Waals surface area contributed by atoms with E-state index in [1.807, 2.05) is 30.3 Å². The molecule has 0 saturated carbocycles. The van der Waals surface area contributed by atoms with Gasteiger partial charge in [0.05, 0.1) is 25.9 Å². The highest BCUT2D eigenvalue weighted by molar-refractivity contribution is 5.44. The van der Waals surface area contributed by atoms with Crippen LogP contribution in [0.4, 0.5) is 0 Å². The molecule has 3 heterocycles. The van der Waals surface area contributed by atoms with Crippen LogP contribution in [0, 0.1) is 0 Å². The van der Waals surface area contributed by atoms with E-state index in [9.17, 15) is 10.2 Å². The average Bonchev–Trinajstić information content (AvgIpc) is 3.23. The van der Waals surface area contributed by atoms with Gasteiger partial charge in [0.2, 0.25) is 0 Å². The number of likely N-dealkylation sites (tertiary alicyclic amines) is 1. The standard InChI is InChI=1S/C24H29NO5/c1-28-18-3-4-19-20(26)14-24(30-23(19)13-18)7-9-25(10-8-24)15-21(27)16-2-5-22-17(12-16)6-11-29-22/h2-5,12-13,20-21,26-27H,6-11,14-15H2,1H3/t20-,21+/m1/s1. The van der Waals surface area contributed by atoms with Crippen LogP contribution in [0.3, 0.4) is 0 Å². The van der Waals surface area contributed by atoms with Crippen LogP contribution < -0.4 is 14.2 Å². The van der Waals surface area contributed by atoms with Crippen molar-refractivity contribution >= 4 is 0 Å². The Labute approximate surface area is 177 Å². The second-order valence-electron chi connectivity index (χ2n) is 8.69. The number of methoxy groups -OCH3 is 1. The Morgan fingerprint density at radius 3 is 2.80 bits per heavy atom. The minimum atomic E-state index is -0.523. The van der Waals surface area contributed by atoms with Crippen LogP contribution in [-0.4, -0.2) is 54.1 Å². The molecule has 3 aliphatic heterocycles. The first kappa shape index (κ1) is 19.7. The normalized spacial score (nSPS) is 23.2. The molecule has 2 atom stereocenters. The highest BCUT2D eigenvalue weighted by atomic mass is 16.5. The van der Waals surface area contributed by atoms with Crippen LogP contribution in [0.15, 0.2) is 36.4 Å². The molecule has 2 aromatic carbocycles. The van der Waals surface area contributed by atoms with Gasteiger partial charge in [0.25, 0.3) is 0 Å². The fourth-order valence-electron chi connectivity index (χ4n) is 4.96. The summed E-state index contributed by atoms with van der Waals surface area (Å²) in [6.45, 7) is 2.99. The topological polar surface area (TPSA) is 71.4 Å². The van der Waals surface area contributed by atoms with Crippen molar-refractivity contribution in [3.63, 3.8) is 0 Å². The summed E-state index contributed by atoms with van der Waals surface area (Å²) < 4.78 is 17.3. The number of rotatable bonds is 4. The van der Waals surface area contributed by atoms with Gasteiger partial charge in [0, 0.05) is 44.1 Å². The molecule has 2 N–H and O–H groups in total. The smallest absolute Gasteiger partial charge is 0.129 e. The third-order valence-electron chi connectivity index (χ3n) is 6.77. The maximum absolute atomic E-state index is 10.8. The van der Waals surface area contributed by atoms with Crippen LogP contribution in [-0.2, 0) is 6.42 Å². The molecule has 1 saturated heterocycles. The number of piperidine rings is 1. The largest absolute Gasteiger partial charge is 0.497 e. The summed E-state index contributed by atoms with van der Waals surface area (Å²) in [5.41, 5.74) is 2.61. The number of benzene rings is 2. The van der Waals surface area contributed by atoms with Gasteiger partial charge in [-0.3, -0.25) is 0 Å². The molecule has 5 rings (SSSR count). The van der Waals surface area contributed by atoms with Gasteiger partial charge in [0.1, 0.15) is 22.8 Å². The van der Waals surface area contributed by atoms with Gasteiger partial charge < -0.3 is 29.3 Å². The predicted molar refractivity (Wildman–Crippen MR) is 112 cm³/mol. The summed E-state index contributed by atoms with van der Waals surface area (Å²) in [4.78, 5) is 2.29. The van der Waals surface area contributed by atoms with Crippen molar-refractivity contribution in [2.45, 2.75) is 43.5 Å². The molecule has 1 spiro atoms. The number of hydrogen-bond acceptors (Lipinski definition) is 6. The Morgan fingerprint density at radius 1 is 1.17 bits per heavy atom. The zero-order valence-corrected chi connectivity index (χ0v) is 17.3. The van der Waals surface area contributed by atoms with Gasteiger partial charge in [-0.1, -0.05) is 6.07 Å². The van der Waals surface area contributed by atoms with E-state index < -0.39 is 12.2 Å². The lowest BCUT2D eigenvalue weighted by Crippen LogP contribution is -2.51. The summed E-state index contributed by atoms with van der Waals surface area (Å²) in [6.07, 6.45) is 2.12. The molecule has 3 aliphatic rings. The van der Waals surface area contributed by atoms with E-state index in [1.165, 1.54) is 5.56 Å². The Morgan fingerprint density at radius 2 is 2.00 bits per heavy atom. The summed E-state index contributed by atoms with van der Waals surface area (Å²) in [7, 11) is 1.63. The first-order valence-corrected chi connectivity index (χ1v) is 10.8. The summed E-state index contributed by atoms with van der Waals surface area (Å²) >= 11 is 0. The number of hydrogen-bond donors (Lipinski definition) is 2. The number of aliphatic hydroxyl groups is 2. The Kier molecular flexibility index (Phi) is 5.09. The fraction of sp³-hybridized carbons (Fsp3) is 0.500. The van der Waals surface area contributed by atoms with Crippen molar-refractivity contribution in [2.24, 2.45) is 0 Å². The number of nitrogens with zero attached hydrogens (tertiary/aromatic N) is 1. The molecule has 0 radical (unpaired) electrons. The minimum Gasteiger partial charge on any atom is -0.497 e. The lowest BCUT2D eigenvalue weighted by molar-refractivity contribution is -0.0588. The van der Waals surface area contributed by atoms with Crippen molar-refractivity contribution in [2.75, 3.05) is 33.4 Å². The minimum absolute atomic E-state index is 0.356. The zero-order chi connectivity index (χ0) is 20.7. The maximum Gasteiger partial charge on any atom is 0.129 e. The number of β-amino-alcohol motifs (C(OH)–C–C–N with tert-alkyl or cyclic N) is 1. The van der Waals surface area contributed by atoms with Crippen LogP contribution in [0.2, 0.25) is 0 Å². The van der Waals surface area contributed by atoms with Crippen molar-refractivity contribution in [1.29, 1.82) is 0 Å². The summed E-state index contributed by atoms with van der Waals surface area (Å²) in [6, 6.07) is 11.6. The van der Waals surface area contributed by atoms with Crippen LogP contribution in [0.1, 0.15) is 48.2 Å². The molecule has 0 unspecified atom stereocenters. The number of aliphatic hydroxyl groups excluding tert-OH is 2. The van der Waals surface area contributed by atoms with E-state index in [-0.39, 0.29) is 5.60 Å². The Bertz CT molecular complexity index is 922. The summed E-state index contributed by atoms with van der Waals surface area (Å²) in [5.74, 6) is 2.40. The fourth-order valence-corrected chi connectivity index (χ4v) is 4.96. The Hall–Kier alpha value is -2.28. The number of fused-ring (bicyclic) bond motifs is 2. The van der Waals surface area contributed by atoms with Gasteiger partial charge in [-0.05, 0) is 48.2 Å².